The first-order chi connectivity index (χ1) is 7.88. The van der Waals surface area contributed by atoms with Crippen LogP contribution >= 0.6 is 0 Å². The molecule has 0 spiro atoms. The van der Waals surface area contributed by atoms with Gasteiger partial charge in [0.2, 0.25) is 0 Å². The summed E-state index contributed by atoms with van der Waals surface area (Å²) in [5, 5.41) is 0. The Bertz CT molecular complexity index is 221. The summed E-state index contributed by atoms with van der Waals surface area (Å²) in [4.78, 5) is 2.13. The molecule has 2 atom stereocenters. The Balaban J connectivity index is 2.15. The number of halogens is 3. The number of ether oxygens (including phenoxy) is 1. The monoisotopic (exact) mass is 254 g/mol. The van der Waals surface area contributed by atoms with Gasteiger partial charge in [0.15, 0.2) is 0 Å². The van der Waals surface area contributed by atoms with E-state index in [1.54, 1.807) is 0 Å². The van der Waals surface area contributed by atoms with Gasteiger partial charge in [-0.3, -0.25) is 0 Å². The molecule has 1 saturated heterocycles. The molecule has 0 aromatic rings. The summed E-state index contributed by atoms with van der Waals surface area (Å²) >= 11 is 0. The van der Waals surface area contributed by atoms with E-state index in [0.29, 0.717) is 12.5 Å². The van der Waals surface area contributed by atoms with Crippen molar-refractivity contribution in [2.45, 2.75) is 32.0 Å². The molecule has 0 bridgehead atoms. The zero-order chi connectivity index (χ0) is 12.9. The van der Waals surface area contributed by atoms with E-state index in [1.165, 1.54) is 0 Å². The maximum absolute atomic E-state index is 11.8. The molecular weight excluding hydrogens is 233 g/mol. The van der Waals surface area contributed by atoms with Crippen LogP contribution in [0.4, 0.5) is 13.2 Å². The zero-order valence-corrected chi connectivity index (χ0v) is 10.2. The fourth-order valence-electron chi connectivity index (χ4n) is 2.11. The number of likely N-dealkylation sites (tertiary alicyclic amines) is 1. The molecule has 1 aliphatic rings. The largest absolute Gasteiger partial charge is 0.411 e. The highest BCUT2D eigenvalue weighted by atomic mass is 19.4. The first-order valence-corrected chi connectivity index (χ1v) is 6.01. The fraction of sp³-hybridized carbons (Fsp3) is 1.00. The number of hydrogen-bond acceptors (Lipinski definition) is 3. The average Bonchev–Trinajstić information content (AvgIpc) is 2.23. The standard InChI is InChI=1S/C11H21F3N2O/c1-9(15)10-3-2-4-16(7-10)5-6-17-8-11(12,13)14/h9-10H,2-8,15H2,1H3. The minimum atomic E-state index is -4.23. The van der Waals surface area contributed by atoms with E-state index in [2.05, 4.69) is 9.64 Å². The maximum Gasteiger partial charge on any atom is 0.411 e. The molecule has 0 amide bonds. The van der Waals surface area contributed by atoms with Gasteiger partial charge < -0.3 is 15.4 Å². The van der Waals surface area contributed by atoms with Gasteiger partial charge in [-0.25, -0.2) is 0 Å². The third-order valence-electron chi connectivity index (χ3n) is 3.10. The Hall–Kier alpha value is -0.330. The van der Waals surface area contributed by atoms with Crippen molar-refractivity contribution in [2.24, 2.45) is 11.7 Å². The number of rotatable bonds is 5. The summed E-state index contributed by atoms with van der Waals surface area (Å²) in [6, 6.07) is 0.147. The van der Waals surface area contributed by atoms with Gasteiger partial charge in [-0.1, -0.05) is 0 Å². The molecule has 0 aliphatic carbocycles. The topological polar surface area (TPSA) is 38.5 Å². The van der Waals surface area contributed by atoms with Gasteiger partial charge in [0, 0.05) is 19.1 Å². The molecule has 1 heterocycles. The van der Waals surface area contributed by atoms with Crippen LogP contribution in [-0.4, -0.2) is 50.0 Å². The second-order valence-corrected chi connectivity index (χ2v) is 4.73. The summed E-state index contributed by atoms with van der Waals surface area (Å²) in [6.45, 7) is 3.31. The lowest BCUT2D eigenvalue weighted by Crippen LogP contribution is -2.43. The van der Waals surface area contributed by atoms with Crippen molar-refractivity contribution in [3.63, 3.8) is 0 Å². The van der Waals surface area contributed by atoms with Crippen LogP contribution in [0.3, 0.4) is 0 Å². The summed E-state index contributed by atoms with van der Waals surface area (Å²) in [5.74, 6) is 0.450. The third kappa shape index (κ3) is 6.24. The van der Waals surface area contributed by atoms with E-state index >= 15 is 0 Å². The molecule has 0 saturated carbocycles. The Labute approximate surface area is 100 Å². The van der Waals surface area contributed by atoms with Crippen LogP contribution in [0.1, 0.15) is 19.8 Å². The van der Waals surface area contributed by atoms with Crippen LogP contribution in [0, 0.1) is 5.92 Å². The number of nitrogens with zero attached hydrogens (tertiary/aromatic N) is 1. The molecule has 17 heavy (non-hydrogen) atoms. The highest BCUT2D eigenvalue weighted by molar-refractivity contribution is 4.78. The van der Waals surface area contributed by atoms with Crippen LogP contribution in [0.25, 0.3) is 0 Å². The molecule has 3 nitrogen and oxygen atoms in total. The smallest absolute Gasteiger partial charge is 0.371 e. The second-order valence-electron chi connectivity index (χ2n) is 4.73. The molecule has 0 aromatic carbocycles. The maximum atomic E-state index is 11.8. The molecule has 2 N–H and O–H groups in total. The molecule has 6 heteroatoms. The molecule has 0 aromatic heterocycles. The molecular formula is C11H21F3N2O. The van der Waals surface area contributed by atoms with Gasteiger partial charge in [0.05, 0.1) is 6.61 Å². The fourth-order valence-corrected chi connectivity index (χ4v) is 2.11. The molecule has 1 rings (SSSR count). The quantitative estimate of drug-likeness (QED) is 0.758. The minimum absolute atomic E-state index is 0.130. The highest BCUT2D eigenvalue weighted by Crippen LogP contribution is 2.18. The third-order valence-corrected chi connectivity index (χ3v) is 3.10. The van der Waals surface area contributed by atoms with E-state index in [1.807, 2.05) is 6.92 Å². The van der Waals surface area contributed by atoms with Crippen molar-refractivity contribution in [3.8, 4) is 0 Å². The van der Waals surface area contributed by atoms with Gasteiger partial charge >= 0.3 is 6.18 Å². The summed E-state index contributed by atoms with van der Waals surface area (Å²) in [6.07, 6.45) is -2.06. The number of hydrogen-bond donors (Lipinski definition) is 1. The van der Waals surface area contributed by atoms with Crippen molar-refractivity contribution in [2.75, 3.05) is 32.8 Å². The van der Waals surface area contributed by atoms with Gasteiger partial charge in [-0.15, -0.1) is 0 Å². The summed E-state index contributed by atoms with van der Waals surface area (Å²) < 4.78 is 40.1. The Morgan fingerprint density at radius 1 is 1.47 bits per heavy atom. The van der Waals surface area contributed by atoms with E-state index in [9.17, 15) is 13.2 Å². The highest BCUT2D eigenvalue weighted by Gasteiger charge is 2.27. The number of piperidine rings is 1. The summed E-state index contributed by atoms with van der Waals surface area (Å²) in [7, 11) is 0. The second kappa shape index (κ2) is 6.56. The van der Waals surface area contributed by atoms with Crippen LogP contribution in [0.15, 0.2) is 0 Å². The first-order valence-electron chi connectivity index (χ1n) is 6.01. The van der Waals surface area contributed by atoms with E-state index < -0.39 is 12.8 Å². The average molecular weight is 254 g/mol. The normalized spacial score (nSPS) is 24.9. The Morgan fingerprint density at radius 3 is 2.76 bits per heavy atom. The van der Waals surface area contributed by atoms with Gasteiger partial charge in [-0.05, 0) is 32.2 Å². The molecule has 1 aliphatic heterocycles. The van der Waals surface area contributed by atoms with Crippen molar-refractivity contribution < 1.29 is 17.9 Å². The number of nitrogens with two attached hydrogens (primary N) is 1. The Kier molecular flexibility index (Phi) is 5.69. The lowest BCUT2D eigenvalue weighted by Gasteiger charge is -2.34. The molecule has 1 fully saturated rings. The van der Waals surface area contributed by atoms with Gasteiger partial charge in [0.25, 0.3) is 0 Å². The van der Waals surface area contributed by atoms with Gasteiger partial charge in [0.1, 0.15) is 6.61 Å². The lowest BCUT2D eigenvalue weighted by atomic mass is 9.92. The molecule has 2 unspecified atom stereocenters. The van der Waals surface area contributed by atoms with Crippen molar-refractivity contribution in [3.05, 3.63) is 0 Å². The van der Waals surface area contributed by atoms with Crippen LogP contribution in [-0.2, 0) is 4.74 Å². The van der Waals surface area contributed by atoms with Crippen LogP contribution in [0.5, 0.6) is 0 Å². The van der Waals surface area contributed by atoms with E-state index in [0.717, 1.165) is 25.9 Å². The number of alkyl halides is 3. The zero-order valence-electron chi connectivity index (χ0n) is 10.2. The SMILES string of the molecule is CC(N)C1CCCN(CCOCC(F)(F)F)C1. The van der Waals surface area contributed by atoms with Crippen molar-refractivity contribution >= 4 is 0 Å². The minimum Gasteiger partial charge on any atom is -0.371 e. The molecule has 0 radical (unpaired) electrons. The predicted molar refractivity (Wildman–Crippen MR) is 59.7 cm³/mol. The predicted octanol–water partition coefficient (Wildman–Crippen LogP) is 1.62. The van der Waals surface area contributed by atoms with Crippen molar-refractivity contribution in [1.82, 2.24) is 4.90 Å². The van der Waals surface area contributed by atoms with Crippen LogP contribution in [0.2, 0.25) is 0 Å². The van der Waals surface area contributed by atoms with Crippen molar-refractivity contribution in [1.29, 1.82) is 0 Å². The van der Waals surface area contributed by atoms with E-state index in [4.69, 9.17) is 5.73 Å². The first kappa shape index (κ1) is 14.7. The Morgan fingerprint density at radius 2 is 2.18 bits per heavy atom. The van der Waals surface area contributed by atoms with Gasteiger partial charge in [-0.2, -0.15) is 13.2 Å². The molecule has 102 valence electrons. The van der Waals surface area contributed by atoms with E-state index in [-0.39, 0.29) is 12.6 Å². The lowest BCUT2D eigenvalue weighted by molar-refractivity contribution is -0.174. The van der Waals surface area contributed by atoms with Crippen LogP contribution < -0.4 is 5.73 Å². The summed E-state index contributed by atoms with van der Waals surface area (Å²) in [5.41, 5.74) is 5.83.